The third-order valence-corrected chi connectivity index (χ3v) is 9.31. The summed E-state index contributed by atoms with van der Waals surface area (Å²) in [6.45, 7) is 6.47. The summed E-state index contributed by atoms with van der Waals surface area (Å²) < 4.78 is 34.2. The van der Waals surface area contributed by atoms with Crippen molar-refractivity contribution in [1.82, 2.24) is 10.2 Å². The van der Waals surface area contributed by atoms with Crippen molar-refractivity contribution in [1.29, 1.82) is 0 Å². The number of benzene rings is 3. The fourth-order valence-corrected chi connectivity index (χ4v) is 6.51. The van der Waals surface area contributed by atoms with Crippen LogP contribution in [0.4, 0.5) is 5.69 Å². The fourth-order valence-electron chi connectivity index (χ4n) is 4.33. The fraction of sp³-hybridized carbons (Fsp3) is 0.333. The van der Waals surface area contributed by atoms with Crippen LogP contribution >= 0.6 is 34.8 Å². The number of hydrogen-bond acceptors (Lipinski definition) is 5. The van der Waals surface area contributed by atoms with Crippen LogP contribution in [0.15, 0.2) is 65.6 Å². The van der Waals surface area contributed by atoms with Crippen molar-refractivity contribution in [3.8, 4) is 5.75 Å². The van der Waals surface area contributed by atoms with Crippen LogP contribution in [0, 0.1) is 6.92 Å². The second-order valence-electron chi connectivity index (χ2n) is 9.95. The number of methoxy groups -OCH3 is 1. The van der Waals surface area contributed by atoms with E-state index >= 15 is 0 Å². The van der Waals surface area contributed by atoms with Gasteiger partial charge in [0.2, 0.25) is 11.8 Å². The first kappa shape index (κ1) is 33.5. The molecule has 0 aliphatic carbocycles. The monoisotopic (exact) mass is 653 g/mol. The van der Waals surface area contributed by atoms with E-state index in [1.165, 1.54) is 42.3 Å². The van der Waals surface area contributed by atoms with E-state index in [4.69, 9.17) is 39.5 Å². The molecule has 0 bridgehead atoms. The molecule has 0 unspecified atom stereocenters. The summed E-state index contributed by atoms with van der Waals surface area (Å²) in [6, 6.07) is 14.5. The van der Waals surface area contributed by atoms with Crippen LogP contribution in [0.1, 0.15) is 38.3 Å². The lowest BCUT2D eigenvalue weighted by atomic mass is 10.1. The van der Waals surface area contributed by atoms with Gasteiger partial charge in [0.25, 0.3) is 10.0 Å². The Hall–Kier alpha value is -2.98. The van der Waals surface area contributed by atoms with Gasteiger partial charge >= 0.3 is 0 Å². The summed E-state index contributed by atoms with van der Waals surface area (Å²) in [5, 5.41) is 3.63. The highest BCUT2D eigenvalue weighted by Crippen LogP contribution is 2.33. The van der Waals surface area contributed by atoms with Gasteiger partial charge in [0.1, 0.15) is 18.3 Å². The minimum Gasteiger partial charge on any atom is -0.495 e. The van der Waals surface area contributed by atoms with E-state index < -0.39 is 28.5 Å². The molecule has 3 aromatic carbocycles. The van der Waals surface area contributed by atoms with E-state index in [9.17, 15) is 18.0 Å². The van der Waals surface area contributed by atoms with Crippen LogP contribution in [0.2, 0.25) is 15.1 Å². The number of carbonyl (C=O) groups is 2. The number of hydrogen-bond donors (Lipinski definition) is 1. The zero-order valence-electron chi connectivity index (χ0n) is 24.0. The highest BCUT2D eigenvalue weighted by atomic mass is 35.5. The maximum atomic E-state index is 14.2. The SMILES string of the molecule is CC[C@@H](C(=O)NC(C)C)N(Cc1c(Cl)cccc1Cl)C(=O)CN(c1ccc(OC)c(Cl)c1)S(=O)(=O)c1ccc(C)cc1. The summed E-state index contributed by atoms with van der Waals surface area (Å²) in [7, 11) is -2.82. The molecule has 0 fully saturated rings. The number of sulfonamides is 1. The summed E-state index contributed by atoms with van der Waals surface area (Å²) in [4.78, 5) is 28.8. The molecule has 226 valence electrons. The van der Waals surface area contributed by atoms with Gasteiger partial charge < -0.3 is 15.0 Å². The van der Waals surface area contributed by atoms with Crippen LogP contribution < -0.4 is 14.4 Å². The summed E-state index contributed by atoms with van der Waals surface area (Å²) in [5.74, 6) is -0.686. The van der Waals surface area contributed by atoms with Crippen molar-refractivity contribution in [3.63, 3.8) is 0 Å². The second kappa shape index (κ2) is 14.5. The lowest BCUT2D eigenvalue weighted by Crippen LogP contribution is -2.53. The third kappa shape index (κ3) is 7.89. The van der Waals surface area contributed by atoms with Gasteiger partial charge in [-0.2, -0.15) is 0 Å². The van der Waals surface area contributed by atoms with Gasteiger partial charge in [0.15, 0.2) is 0 Å². The number of aryl methyl sites for hydroxylation is 1. The van der Waals surface area contributed by atoms with Gasteiger partial charge in [0, 0.05) is 28.2 Å². The van der Waals surface area contributed by atoms with Gasteiger partial charge in [0.05, 0.1) is 22.7 Å². The first-order valence-electron chi connectivity index (χ1n) is 13.3. The highest BCUT2D eigenvalue weighted by molar-refractivity contribution is 7.92. The van der Waals surface area contributed by atoms with Gasteiger partial charge in [-0.1, -0.05) is 65.5 Å². The molecule has 3 aromatic rings. The van der Waals surface area contributed by atoms with Gasteiger partial charge in [-0.15, -0.1) is 0 Å². The summed E-state index contributed by atoms with van der Waals surface area (Å²) in [5.41, 5.74) is 1.45. The molecular weight excluding hydrogens is 621 g/mol. The van der Waals surface area contributed by atoms with Crippen LogP contribution in [-0.2, 0) is 26.2 Å². The molecule has 1 N–H and O–H groups in total. The molecule has 0 heterocycles. The number of amides is 2. The first-order chi connectivity index (χ1) is 19.8. The van der Waals surface area contributed by atoms with Crippen LogP contribution in [0.3, 0.4) is 0 Å². The normalized spacial score (nSPS) is 12.1. The molecule has 0 spiro atoms. The van der Waals surface area contributed by atoms with Gasteiger partial charge in [-0.3, -0.25) is 13.9 Å². The summed E-state index contributed by atoms with van der Waals surface area (Å²) >= 11 is 19.3. The number of rotatable bonds is 12. The molecule has 0 radical (unpaired) electrons. The van der Waals surface area contributed by atoms with E-state index in [0.717, 1.165) is 9.87 Å². The minimum atomic E-state index is -4.26. The molecule has 0 saturated carbocycles. The molecule has 0 aliphatic rings. The quantitative estimate of drug-likeness (QED) is 0.241. The predicted octanol–water partition coefficient (Wildman–Crippen LogP) is 6.49. The van der Waals surface area contributed by atoms with Crippen molar-refractivity contribution in [2.45, 2.75) is 57.6 Å². The smallest absolute Gasteiger partial charge is 0.264 e. The Balaban J connectivity index is 2.14. The maximum absolute atomic E-state index is 14.2. The Kier molecular flexibility index (Phi) is 11.5. The van der Waals surface area contributed by atoms with E-state index in [-0.39, 0.29) is 40.5 Å². The first-order valence-corrected chi connectivity index (χ1v) is 15.8. The Morgan fingerprint density at radius 3 is 2.10 bits per heavy atom. The standard InChI is InChI=1S/C30H34Cl3N3O5S/c1-6-27(30(38)34-19(2)3)35(17-23-24(31)8-7-9-25(23)32)29(37)18-36(21-12-15-28(41-5)26(33)16-21)42(39,40)22-13-10-20(4)11-14-22/h7-16,19,27H,6,17-18H2,1-5H3,(H,34,38)/t27-/m0/s1. The van der Waals surface area contributed by atoms with Gasteiger partial charge in [-0.05, 0) is 69.7 Å². The zero-order valence-corrected chi connectivity index (χ0v) is 27.1. The van der Waals surface area contributed by atoms with Crippen molar-refractivity contribution >= 4 is 62.3 Å². The topological polar surface area (TPSA) is 96.0 Å². The van der Waals surface area contributed by atoms with Crippen molar-refractivity contribution < 1.29 is 22.7 Å². The molecule has 3 rings (SSSR count). The Morgan fingerprint density at radius 1 is 0.952 bits per heavy atom. The zero-order chi connectivity index (χ0) is 31.2. The number of anilines is 1. The maximum Gasteiger partial charge on any atom is 0.264 e. The number of carbonyl (C=O) groups excluding carboxylic acids is 2. The molecule has 1 atom stereocenters. The average molecular weight is 655 g/mol. The van der Waals surface area contributed by atoms with Crippen LogP contribution in [-0.4, -0.2) is 50.9 Å². The molecule has 0 aliphatic heterocycles. The lowest BCUT2D eigenvalue weighted by Gasteiger charge is -2.34. The molecule has 8 nitrogen and oxygen atoms in total. The number of halogens is 3. The van der Waals surface area contributed by atoms with Crippen LogP contribution in [0.25, 0.3) is 0 Å². The van der Waals surface area contributed by atoms with E-state index in [0.29, 0.717) is 21.4 Å². The molecule has 42 heavy (non-hydrogen) atoms. The van der Waals surface area contributed by atoms with Gasteiger partial charge in [-0.25, -0.2) is 8.42 Å². The molecule has 0 aromatic heterocycles. The lowest BCUT2D eigenvalue weighted by molar-refractivity contribution is -0.140. The molecule has 12 heteroatoms. The van der Waals surface area contributed by atoms with Crippen molar-refractivity contribution in [2.75, 3.05) is 18.0 Å². The molecule has 0 saturated heterocycles. The highest BCUT2D eigenvalue weighted by Gasteiger charge is 2.34. The average Bonchev–Trinajstić information content (AvgIpc) is 2.92. The largest absolute Gasteiger partial charge is 0.495 e. The predicted molar refractivity (Wildman–Crippen MR) is 168 cm³/mol. The van der Waals surface area contributed by atoms with Crippen LogP contribution in [0.5, 0.6) is 5.75 Å². The Labute approximate surface area is 262 Å². The molecular formula is C30H34Cl3N3O5S. The van der Waals surface area contributed by atoms with E-state index in [1.807, 2.05) is 20.8 Å². The van der Waals surface area contributed by atoms with Crippen molar-refractivity contribution in [2.24, 2.45) is 0 Å². The third-order valence-electron chi connectivity index (χ3n) is 6.52. The van der Waals surface area contributed by atoms with E-state index in [2.05, 4.69) is 5.32 Å². The number of ether oxygens (including phenoxy) is 1. The second-order valence-corrected chi connectivity index (χ2v) is 13.0. The van der Waals surface area contributed by atoms with E-state index in [1.54, 1.807) is 37.3 Å². The Morgan fingerprint density at radius 2 is 1.57 bits per heavy atom. The minimum absolute atomic E-state index is 0.0156. The molecule has 2 amide bonds. The Bertz CT molecular complexity index is 1510. The number of nitrogens with one attached hydrogen (secondary N) is 1. The summed E-state index contributed by atoms with van der Waals surface area (Å²) in [6.07, 6.45) is 0.255. The number of nitrogens with zero attached hydrogens (tertiary/aromatic N) is 2. The van der Waals surface area contributed by atoms with Crippen molar-refractivity contribution in [3.05, 3.63) is 86.9 Å².